The third-order valence-electron chi connectivity index (χ3n) is 4.54. The minimum atomic E-state index is -4.74. The van der Waals surface area contributed by atoms with Crippen molar-refractivity contribution in [2.24, 2.45) is 0 Å². The topological polar surface area (TPSA) is 84.5 Å². The average molecular weight is 513 g/mol. The largest absolute Gasteiger partial charge is 0.484 e. The molecule has 3 aromatic carbocycles. The maximum Gasteiger partial charge on any atom is 0.417 e. The lowest BCUT2D eigenvalue weighted by Crippen LogP contribution is -2.20. The number of hydrogen-bond donors (Lipinski definition) is 2. The molecule has 0 aromatic heterocycles. The summed E-state index contributed by atoms with van der Waals surface area (Å²) in [7, 11) is -4.19. The standard InChI is InChI=1S/C23H20ClF3N2O4S/c1-14-9-15(2)11-18(10-14)33-13-22(30)28-16-3-6-19(7-4-16)34(31,32)29-17-5-8-21(24)20(12-17)23(25,26)27/h3-12,29H,13H2,1-2H3,(H,28,30). The van der Waals surface area contributed by atoms with E-state index < -0.39 is 32.7 Å². The number of aryl methyl sites for hydroxylation is 2. The first-order valence-corrected chi connectivity index (χ1v) is 11.7. The highest BCUT2D eigenvalue weighted by molar-refractivity contribution is 7.92. The van der Waals surface area contributed by atoms with Crippen LogP contribution in [0.25, 0.3) is 0 Å². The molecule has 0 aliphatic rings. The Balaban J connectivity index is 1.64. The van der Waals surface area contributed by atoms with Crippen molar-refractivity contribution in [2.75, 3.05) is 16.6 Å². The predicted octanol–water partition coefficient (Wildman–Crippen LogP) is 5.79. The number of amides is 1. The van der Waals surface area contributed by atoms with Gasteiger partial charge in [0.05, 0.1) is 15.5 Å². The van der Waals surface area contributed by atoms with Gasteiger partial charge in [-0.2, -0.15) is 13.2 Å². The third kappa shape index (κ3) is 6.64. The van der Waals surface area contributed by atoms with Crippen LogP contribution in [-0.4, -0.2) is 20.9 Å². The number of rotatable bonds is 7. The Morgan fingerprint density at radius 2 is 1.53 bits per heavy atom. The molecular weight excluding hydrogens is 493 g/mol. The molecule has 11 heteroatoms. The first-order valence-electron chi connectivity index (χ1n) is 9.84. The zero-order valence-electron chi connectivity index (χ0n) is 18.0. The van der Waals surface area contributed by atoms with Gasteiger partial charge >= 0.3 is 6.18 Å². The SMILES string of the molecule is Cc1cc(C)cc(OCC(=O)Nc2ccc(S(=O)(=O)Nc3ccc(Cl)c(C(F)(F)F)c3)cc2)c1. The molecule has 3 rings (SSSR count). The Morgan fingerprint density at radius 3 is 2.12 bits per heavy atom. The highest BCUT2D eigenvalue weighted by atomic mass is 35.5. The van der Waals surface area contributed by atoms with E-state index in [2.05, 4.69) is 10.0 Å². The molecule has 34 heavy (non-hydrogen) atoms. The minimum Gasteiger partial charge on any atom is -0.484 e. The fourth-order valence-electron chi connectivity index (χ4n) is 3.10. The number of halogens is 4. The van der Waals surface area contributed by atoms with E-state index in [9.17, 15) is 26.4 Å². The normalized spacial score (nSPS) is 11.7. The smallest absolute Gasteiger partial charge is 0.417 e. The highest BCUT2D eigenvalue weighted by Gasteiger charge is 2.33. The maximum atomic E-state index is 13.0. The Hall–Kier alpha value is -3.24. The summed E-state index contributed by atoms with van der Waals surface area (Å²) in [6.07, 6.45) is -4.74. The fraction of sp³-hybridized carbons (Fsp3) is 0.174. The Bertz CT molecular complexity index is 1290. The molecule has 0 radical (unpaired) electrons. The first-order chi connectivity index (χ1) is 15.8. The second-order valence-corrected chi connectivity index (χ2v) is 9.57. The molecule has 0 bridgehead atoms. The molecule has 0 heterocycles. The van der Waals surface area contributed by atoms with Crippen molar-refractivity contribution >= 4 is 38.9 Å². The Kier molecular flexibility index (Phi) is 7.42. The number of carbonyl (C=O) groups excluding carboxylic acids is 1. The van der Waals surface area contributed by atoms with Gasteiger partial charge in [-0.1, -0.05) is 17.7 Å². The van der Waals surface area contributed by atoms with Crippen LogP contribution in [0, 0.1) is 13.8 Å². The van der Waals surface area contributed by atoms with E-state index >= 15 is 0 Å². The quantitative estimate of drug-likeness (QED) is 0.419. The number of sulfonamides is 1. The molecule has 0 saturated heterocycles. The molecule has 6 nitrogen and oxygen atoms in total. The van der Waals surface area contributed by atoms with Crippen molar-refractivity contribution in [2.45, 2.75) is 24.9 Å². The summed E-state index contributed by atoms with van der Waals surface area (Å²) in [5.41, 5.74) is 0.857. The summed E-state index contributed by atoms with van der Waals surface area (Å²) in [5.74, 6) is 0.102. The predicted molar refractivity (Wildman–Crippen MR) is 124 cm³/mol. The first kappa shape index (κ1) is 25.4. The van der Waals surface area contributed by atoms with Gasteiger partial charge in [0.2, 0.25) is 0 Å². The molecule has 1 amide bonds. The van der Waals surface area contributed by atoms with Crippen molar-refractivity contribution in [1.29, 1.82) is 0 Å². The molecule has 0 saturated carbocycles. The van der Waals surface area contributed by atoms with Crippen LogP contribution in [0.5, 0.6) is 5.75 Å². The van der Waals surface area contributed by atoms with Gasteiger partial charge in [-0.25, -0.2) is 8.42 Å². The van der Waals surface area contributed by atoms with Crippen LogP contribution in [0.2, 0.25) is 5.02 Å². The molecule has 0 aliphatic heterocycles. The molecule has 3 aromatic rings. The van der Waals surface area contributed by atoms with Crippen LogP contribution >= 0.6 is 11.6 Å². The van der Waals surface area contributed by atoms with Crippen LogP contribution in [0.4, 0.5) is 24.5 Å². The van der Waals surface area contributed by atoms with Crippen LogP contribution in [0.15, 0.2) is 65.6 Å². The highest BCUT2D eigenvalue weighted by Crippen LogP contribution is 2.36. The van der Waals surface area contributed by atoms with Gasteiger partial charge in [0, 0.05) is 11.4 Å². The number of alkyl halides is 3. The number of ether oxygens (including phenoxy) is 1. The average Bonchev–Trinajstić information content (AvgIpc) is 2.72. The van der Waals surface area contributed by atoms with E-state index in [1.54, 1.807) is 12.1 Å². The van der Waals surface area contributed by atoms with Crippen molar-refractivity contribution in [3.63, 3.8) is 0 Å². The van der Waals surface area contributed by atoms with Gasteiger partial charge in [0.25, 0.3) is 15.9 Å². The second-order valence-electron chi connectivity index (χ2n) is 7.48. The number of hydrogen-bond acceptors (Lipinski definition) is 4. The molecule has 0 spiro atoms. The summed E-state index contributed by atoms with van der Waals surface area (Å²) in [4.78, 5) is 11.9. The fourth-order valence-corrected chi connectivity index (χ4v) is 4.37. The zero-order valence-corrected chi connectivity index (χ0v) is 19.6. The van der Waals surface area contributed by atoms with Crippen molar-refractivity contribution in [1.82, 2.24) is 0 Å². The number of nitrogens with one attached hydrogen (secondary N) is 2. The van der Waals surface area contributed by atoms with E-state index in [0.717, 1.165) is 23.3 Å². The Labute approximate surface area is 199 Å². The Morgan fingerprint density at radius 1 is 0.941 bits per heavy atom. The van der Waals surface area contributed by atoms with Gasteiger partial charge in [0.1, 0.15) is 5.75 Å². The zero-order chi connectivity index (χ0) is 25.1. The third-order valence-corrected chi connectivity index (χ3v) is 6.26. The summed E-state index contributed by atoms with van der Waals surface area (Å²) in [6.45, 7) is 3.57. The number of anilines is 2. The lowest BCUT2D eigenvalue weighted by molar-refractivity contribution is -0.137. The molecule has 0 aliphatic carbocycles. The van der Waals surface area contributed by atoms with Gasteiger partial charge in [-0.05, 0) is 79.6 Å². The number of benzene rings is 3. The monoisotopic (exact) mass is 512 g/mol. The van der Waals surface area contributed by atoms with E-state index in [0.29, 0.717) is 17.5 Å². The van der Waals surface area contributed by atoms with Crippen LogP contribution in [0.1, 0.15) is 16.7 Å². The van der Waals surface area contributed by atoms with E-state index in [1.165, 1.54) is 24.3 Å². The van der Waals surface area contributed by atoms with Crippen LogP contribution in [-0.2, 0) is 21.0 Å². The summed E-state index contributed by atoms with van der Waals surface area (Å²) < 4.78 is 71.7. The van der Waals surface area contributed by atoms with Gasteiger partial charge in [-0.3, -0.25) is 9.52 Å². The second kappa shape index (κ2) is 9.94. The van der Waals surface area contributed by atoms with Crippen molar-refractivity contribution in [3.05, 3.63) is 82.4 Å². The van der Waals surface area contributed by atoms with Crippen LogP contribution < -0.4 is 14.8 Å². The van der Waals surface area contributed by atoms with Crippen molar-refractivity contribution in [3.8, 4) is 5.75 Å². The van der Waals surface area contributed by atoms with E-state index in [4.69, 9.17) is 16.3 Å². The summed E-state index contributed by atoms with van der Waals surface area (Å²) >= 11 is 5.56. The maximum absolute atomic E-state index is 13.0. The van der Waals surface area contributed by atoms with E-state index in [-0.39, 0.29) is 17.2 Å². The molecule has 0 fully saturated rings. The van der Waals surface area contributed by atoms with E-state index in [1.807, 2.05) is 19.9 Å². The number of carbonyl (C=O) groups is 1. The molecule has 180 valence electrons. The van der Waals surface area contributed by atoms with Gasteiger partial charge < -0.3 is 10.1 Å². The van der Waals surface area contributed by atoms with Gasteiger partial charge in [-0.15, -0.1) is 0 Å². The molecule has 0 unspecified atom stereocenters. The molecular formula is C23H20ClF3N2O4S. The lowest BCUT2D eigenvalue weighted by atomic mass is 10.1. The summed E-state index contributed by atoms with van der Waals surface area (Å²) in [6, 6.07) is 13.4. The molecule has 0 atom stereocenters. The van der Waals surface area contributed by atoms with Gasteiger partial charge in [0.15, 0.2) is 6.61 Å². The van der Waals surface area contributed by atoms with Crippen LogP contribution in [0.3, 0.4) is 0 Å². The minimum absolute atomic E-state index is 0.208. The summed E-state index contributed by atoms with van der Waals surface area (Å²) in [5, 5.41) is 2.04. The molecule has 2 N–H and O–H groups in total. The van der Waals surface area contributed by atoms with Crippen molar-refractivity contribution < 1.29 is 31.1 Å². The lowest BCUT2D eigenvalue weighted by Gasteiger charge is -2.13.